The fourth-order valence-corrected chi connectivity index (χ4v) is 7.53. The Labute approximate surface area is 208 Å². The highest BCUT2D eigenvalue weighted by molar-refractivity contribution is 7.89. The lowest BCUT2D eigenvalue weighted by atomic mass is 9.95. The van der Waals surface area contributed by atoms with Gasteiger partial charge in [-0.05, 0) is 63.1 Å². The standard InChI is InChI=1S/C27H35N3O4S/c1-19-16-20(2)25(21(3)17-19)35(33,34)30-13-7-10-24(30)27(32)29-14-11-23(12-15-29)26(31)28-18-22-8-5-4-6-9-22/h4-6,8-9,16-17,23-24H,7,10-15,18H2,1-3H3,(H,28,31). The van der Waals surface area contributed by atoms with Gasteiger partial charge in [-0.1, -0.05) is 48.0 Å². The number of benzene rings is 2. The molecule has 2 aliphatic heterocycles. The first-order valence-electron chi connectivity index (χ1n) is 12.4. The van der Waals surface area contributed by atoms with Crippen molar-refractivity contribution in [3.05, 3.63) is 64.7 Å². The van der Waals surface area contributed by atoms with Crippen LogP contribution in [0.5, 0.6) is 0 Å². The van der Waals surface area contributed by atoms with Crippen LogP contribution in [0.1, 0.15) is 47.9 Å². The van der Waals surface area contributed by atoms with Gasteiger partial charge in [-0.3, -0.25) is 9.59 Å². The Hall–Kier alpha value is -2.71. The fraction of sp³-hybridized carbons (Fsp3) is 0.481. The SMILES string of the molecule is Cc1cc(C)c(S(=O)(=O)N2CCCC2C(=O)N2CCC(C(=O)NCc3ccccc3)CC2)c(C)c1. The molecule has 7 nitrogen and oxygen atoms in total. The van der Waals surface area contributed by atoms with Gasteiger partial charge in [0.2, 0.25) is 21.8 Å². The number of nitrogens with one attached hydrogen (secondary N) is 1. The van der Waals surface area contributed by atoms with E-state index in [1.807, 2.05) is 63.2 Å². The summed E-state index contributed by atoms with van der Waals surface area (Å²) in [7, 11) is -3.79. The average molecular weight is 498 g/mol. The van der Waals surface area contributed by atoms with Crippen LogP contribution in [0, 0.1) is 26.7 Å². The summed E-state index contributed by atoms with van der Waals surface area (Å²) >= 11 is 0. The Morgan fingerprint density at radius 1 is 0.943 bits per heavy atom. The summed E-state index contributed by atoms with van der Waals surface area (Å²) in [5.74, 6) is -0.267. The third-order valence-electron chi connectivity index (χ3n) is 7.15. The summed E-state index contributed by atoms with van der Waals surface area (Å²) < 4.78 is 28.6. The van der Waals surface area contributed by atoms with E-state index in [1.165, 1.54) is 4.31 Å². The zero-order valence-corrected chi connectivity index (χ0v) is 21.6. The van der Waals surface area contributed by atoms with Gasteiger partial charge in [0.25, 0.3) is 0 Å². The van der Waals surface area contributed by atoms with Crippen molar-refractivity contribution in [2.24, 2.45) is 5.92 Å². The summed E-state index contributed by atoms with van der Waals surface area (Å²) in [6, 6.07) is 12.9. The number of carbonyl (C=O) groups is 2. The molecule has 35 heavy (non-hydrogen) atoms. The van der Waals surface area contributed by atoms with Crippen LogP contribution >= 0.6 is 0 Å². The smallest absolute Gasteiger partial charge is 0.244 e. The second kappa shape index (κ2) is 10.5. The number of aryl methyl sites for hydroxylation is 3. The molecule has 2 aliphatic rings. The number of rotatable bonds is 6. The lowest BCUT2D eigenvalue weighted by molar-refractivity contribution is -0.138. The zero-order valence-electron chi connectivity index (χ0n) is 20.8. The maximum absolute atomic E-state index is 13.6. The van der Waals surface area contributed by atoms with E-state index in [0.717, 1.165) is 11.1 Å². The summed E-state index contributed by atoms with van der Waals surface area (Å²) in [5, 5.41) is 3.00. The third-order valence-corrected chi connectivity index (χ3v) is 9.36. The first-order valence-corrected chi connectivity index (χ1v) is 13.8. The minimum atomic E-state index is -3.79. The Morgan fingerprint density at radius 2 is 1.57 bits per heavy atom. The molecule has 0 aliphatic carbocycles. The maximum Gasteiger partial charge on any atom is 0.244 e. The molecule has 1 N–H and O–H groups in total. The minimum absolute atomic E-state index is 0.0105. The molecule has 188 valence electrons. The fourth-order valence-electron chi connectivity index (χ4n) is 5.47. The molecule has 2 saturated heterocycles. The van der Waals surface area contributed by atoms with Gasteiger partial charge in [0.15, 0.2) is 0 Å². The molecule has 1 atom stereocenters. The van der Waals surface area contributed by atoms with E-state index in [-0.39, 0.29) is 17.7 Å². The number of hydrogen-bond acceptors (Lipinski definition) is 4. The average Bonchev–Trinajstić information content (AvgIpc) is 3.33. The van der Waals surface area contributed by atoms with Crippen LogP contribution in [-0.4, -0.2) is 55.1 Å². The molecular formula is C27H35N3O4S. The Kier molecular flexibility index (Phi) is 7.62. The highest BCUT2D eigenvalue weighted by Crippen LogP contribution is 2.32. The van der Waals surface area contributed by atoms with Gasteiger partial charge >= 0.3 is 0 Å². The van der Waals surface area contributed by atoms with Crippen molar-refractivity contribution >= 4 is 21.8 Å². The molecule has 1 unspecified atom stereocenters. The summed E-state index contributed by atoms with van der Waals surface area (Å²) in [4.78, 5) is 28.1. The maximum atomic E-state index is 13.6. The van der Waals surface area contributed by atoms with Crippen LogP contribution in [0.25, 0.3) is 0 Å². The second-order valence-electron chi connectivity index (χ2n) is 9.80. The monoisotopic (exact) mass is 497 g/mol. The minimum Gasteiger partial charge on any atom is -0.352 e. The van der Waals surface area contributed by atoms with Gasteiger partial charge in [-0.25, -0.2) is 8.42 Å². The highest BCUT2D eigenvalue weighted by Gasteiger charge is 2.43. The van der Waals surface area contributed by atoms with Crippen molar-refractivity contribution in [3.63, 3.8) is 0 Å². The van der Waals surface area contributed by atoms with Gasteiger partial charge in [0.1, 0.15) is 6.04 Å². The Morgan fingerprint density at radius 3 is 2.20 bits per heavy atom. The number of piperidine rings is 1. The van der Waals surface area contributed by atoms with Crippen LogP contribution in [0.4, 0.5) is 0 Å². The zero-order chi connectivity index (χ0) is 25.2. The molecule has 0 aromatic heterocycles. The number of sulfonamides is 1. The molecule has 2 aromatic rings. The normalized spacial score (nSPS) is 19.6. The molecule has 0 radical (unpaired) electrons. The molecule has 0 spiro atoms. The lowest BCUT2D eigenvalue weighted by Gasteiger charge is -2.35. The number of amides is 2. The van der Waals surface area contributed by atoms with Crippen molar-refractivity contribution in [1.29, 1.82) is 0 Å². The van der Waals surface area contributed by atoms with Gasteiger partial charge in [0, 0.05) is 32.1 Å². The van der Waals surface area contributed by atoms with Crippen molar-refractivity contribution in [3.8, 4) is 0 Å². The molecule has 0 bridgehead atoms. The Balaban J connectivity index is 1.39. The summed E-state index contributed by atoms with van der Waals surface area (Å²) in [6.07, 6.45) is 2.36. The van der Waals surface area contributed by atoms with E-state index in [1.54, 1.807) is 4.90 Å². The van der Waals surface area contributed by atoms with Gasteiger partial charge in [0.05, 0.1) is 4.90 Å². The van der Waals surface area contributed by atoms with Gasteiger partial charge in [-0.2, -0.15) is 4.31 Å². The Bertz CT molecular complexity index is 1170. The summed E-state index contributed by atoms with van der Waals surface area (Å²) in [6.45, 7) is 7.35. The van der Waals surface area contributed by atoms with Crippen LogP contribution in [-0.2, 0) is 26.2 Å². The van der Waals surface area contributed by atoms with Crippen molar-refractivity contribution in [2.45, 2.75) is 63.9 Å². The third kappa shape index (κ3) is 5.43. The van der Waals surface area contributed by atoms with Crippen molar-refractivity contribution in [1.82, 2.24) is 14.5 Å². The highest BCUT2D eigenvalue weighted by atomic mass is 32.2. The molecule has 2 heterocycles. The lowest BCUT2D eigenvalue weighted by Crippen LogP contribution is -2.51. The molecular weight excluding hydrogens is 462 g/mol. The number of nitrogens with zero attached hydrogens (tertiary/aromatic N) is 2. The van der Waals surface area contributed by atoms with E-state index in [0.29, 0.717) is 67.9 Å². The van der Waals surface area contributed by atoms with Crippen molar-refractivity contribution < 1.29 is 18.0 Å². The second-order valence-corrected chi connectivity index (χ2v) is 11.6. The quantitative estimate of drug-likeness (QED) is 0.663. The first-order chi connectivity index (χ1) is 16.7. The van der Waals surface area contributed by atoms with E-state index in [2.05, 4.69) is 5.32 Å². The van der Waals surface area contributed by atoms with Gasteiger partial charge < -0.3 is 10.2 Å². The van der Waals surface area contributed by atoms with Gasteiger partial charge in [-0.15, -0.1) is 0 Å². The van der Waals surface area contributed by atoms with E-state index < -0.39 is 16.1 Å². The predicted molar refractivity (Wildman–Crippen MR) is 135 cm³/mol. The van der Waals surface area contributed by atoms with E-state index in [9.17, 15) is 18.0 Å². The molecule has 4 rings (SSSR count). The van der Waals surface area contributed by atoms with E-state index in [4.69, 9.17) is 0 Å². The van der Waals surface area contributed by atoms with E-state index >= 15 is 0 Å². The summed E-state index contributed by atoms with van der Waals surface area (Å²) in [5.41, 5.74) is 3.49. The topological polar surface area (TPSA) is 86.8 Å². The molecule has 0 saturated carbocycles. The molecule has 2 fully saturated rings. The molecule has 2 amide bonds. The predicted octanol–water partition coefficient (Wildman–Crippen LogP) is 3.32. The van der Waals surface area contributed by atoms with Crippen LogP contribution in [0.2, 0.25) is 0 Å². The van der Waals surface area contributed by atoms with Crippen LogP contribution in [0.15, 0.2) is 47.4 Å². The number of carbonyl (C=O) groups excluding carboxylic acids is 2. The molecule has 2 aromatic carbocycles. The number of likely N-dealkylation sites (tertiary alicyclic amines) is 1. The first kappa shape index (κ1) is 25.4. The van der Waals surface area contributed by atoms with Crippen LogP contribution < -0.4 is 5.32 Å². The largest absolute Gasteiger partial charge is 0.352 e. The molecule has 8 heteroatoms. The van der Waals surface area contributed by atoms with Crippen LogP contribution in [0.3, 0.4) is 0 Å². The number of hydrogen-bond donors (Lipinski definition) is 1. The van der Waals surface area contributed by atoms with Crippen molar-refractivity contribution in [2.75, 3.05) is 19.6 Å².